The van der Waals surface area contributed by atoms with Crippen molar-refractivity contribution in [1.82, 2.24) is 0 Å². The molecule has 3 N–H and O–H groups in total. The van der Waals surface area contributed by atoms with Crippen molar-refractivity contribution in [2.24, 2.45) is 23.5 Å². The van der Waals surface area contributed by atoms with Crippen LogP contribution in [0.3, 0.4) is 0 Å². The number of hydrogen-bond donors (Lipinski definition) is 2. The maximum absolute atomic E-state index is 10.9. The third-order valence-corrected chi connectivity index (χ3v) is 3.57. The molecular formula is C9H15NO2. The summed E-state index contributed by atoms with van der Waals surface area (Å²) in [6, 6.07) is -0.0741. The van der Waals surface area contributed by atoms with Crippen molar-refractivity contribution >= 4 is 5.97 Å². The number of rotatable bonds is 1. The zero-order valence-electron chi connectivity index (χ0n) is 7.07. The van der Waals surface area contributed by atoms with Crippen LogP contribution in [0.4, 0.5) is 0 Å². The lowest BCUT2D eigenvalue weighted by atomic mass is 9.62. The molecule has 12 heavy (non-hydrogen) atoms. The summed E-state index contributed by atoms with van der Waals surface area (Å²) in [5.74, 6) is -0.0898. The topological polar surface area (TPSA) is 63.3 Å². The second kappa shape index (κ2) is 2.73. The van der Waals surface area contributed by atoms with E-state index in [2.05, 4.69) is 0 Å². The quantitative estimate of drug-likeness (QED) is 0.611. The van der Waals surface area contributed by atoms with Gasteiger partial charge in [0.1, 0.15) is 0 Å². The van der Waals surface area contributed by atoms with Gasteiger partial charge >= 0.3 is 5.97 Å². The number of fused-ring (bicyclic) bond motifs is 3. The first-order valence-electron chi connectivity index (χ1n) is 4.68. The smallest absolute Gasteiger partial charge is 0.308 e. The van der Waals surface area contributed by atoms with Crippen LogP contribution in [-0.2, 0) is 4.79 Å². The Labute approximate surface area is 71.9 Å². The molecule has 1 unspecified atom stereocenters. The summed E-state index contributed by atoms with van der Waals surface area (Å²) in [5.41, 5.74) is 5.88. The van der Waals surface area contributed by atoms with E-state index in [1.54, 1.807) is 0 Å². The lowest BCUT2D eigenvalue weighted by Crippen LogP contribution is -2.52. The van der Waals surface area contributed by atoms with E-state index >= 15 is 0 Å². The molecule has 0 aromatic rings. The second-order valence-corrected chi connectivity index (χ2v) is 4.12. The summed E-state index contributed by atoms with van der Waals surface area (Å²) in [5, 5.41) is 8.95. The number of carbonyl (C=O) groups is 1. The fourth-order valence-corrected chi connectivity index (χ4v) is 2.86. The molecule has 2 atom stereocenters. The van der Waals surface area contributed by atoms with Crippen LogP contribution in [0, 0.1) is 17.8 Å². The SMILES string of the molecule is N[C@@H]1C(C(=O)O)[C@H]2CC[C@@H]1CC2. The molecule has 0 aliphatic heterocycles. The molecule has 3 nitrogen and oxygen atoms in total. The monoisotopic (exact) mass is 169 g/mol. The van der Waals surface area contributed by atoms with Crippen molar-refractivity contribution in [3.63, 3.8) is 0 Å². The zero-order valence-corrected chi connectivity index (χ0v) is 7.07. The van der Waals surface area contributed by atoms with E-state index in [0.29, 0.717) is 11.8 Å². The van der Waals surface area contributed by atoms with Crippen molar-refractivity contribution in [3.8, 4) is 0 Å². The van der Waals surface area contributed by atoms with Crippen LogP contribution in [0.15, 0.2) is 0 Å². The first-order chi connectivity index (χ1) is 5.70. The third kappa shape index (κ3) is 1.04. The van der Waals surface area contributed by atoms with Gasteiger partial charge in [-0.15, -0.1) is 0 Å². The van der Waals surface area contributed by atoms with E-state index in [4.69, 9.17) is 10.8 Å². The molecule has 3 rings (SSSR count). The van der Waals surface area contributed by atoms with E-state index in [0.717, 1.165) is 25.7 Å². The zero-order chi connectivity index (χ0) is 8.72. The van der Waals surface area contributed by atoms with Gasteiger partial charge in [0.15, 0.2) is 0 Å². The molecule has 3 saturated carbocycles. The Morgan fingerprint density at radius 2 is 1.67 bits per heavy atom. The van der Waals surface area contributed by atoms with Crippen LogP contribution in [0.5, 0.6) is 0 Å². The van der Waals surface area contributed by atoms with Crippen molar-refractivity contribution in [2.45, 2.75) is 31.7 Å². The summed E-state index contributed by atoms with van der Waals surface area (Å²) < 4.78 is 0. The van der Waals surface area contributed by atoms with Crippen LogP contribution in [0.2, 0.25) is 0 Å². The lowest BCUT2D eigenvalue weighted by molar-refractivity contribution is -0.148. The summed E-state index contributed by atoms with van der Waals surface area (Å²) in [6.07, 6.45) is 4.45. The minimum atomic E-state index is -0.683. The van der Waals surface area contributed by atoms with Crippen molar-refractivity contribution < 1.29 is 9.90 Å². The van der Waals surface area contributed by atoms with Gasteiger partial charge in [-0.3, -0.25) is 4.79 Å². The van der Waals surface area contributed by atoms with Crippen LogP contribution >= 0.6 is 0 Å². The van der Waals surface area contributed by atoms with E-state index in [9.17, 15) is 4.79 Å². The van der Waals surface area contributed by atoms with Crippen molar-refractivity contribution in [3.05, 3.63) is 0 Å². The van der Waals surface area contributed by atoms with E-state index < -0.39 is 5.97 Å². The maximum Gasteiger partial charge on any atom is 0.308 e. The van der Waals surface area contributed by atoms with Crippen LogP contribution in [0.25, 0.3) is 0 Å². The number of hydrogen-bond acceptors (Lipinski definition) is 2. The van der Waals surface area contributed by atoms with Gasteiger partial charge < -0.3 is 10.8 Å². The molecule has 0 spiro atoms. The minimum Gasteiger partial charge on any atom is -0.481 e. The average Bonchev–Trinajstić information content (AvgIpc) is 2.05. The van der Waals surface area contributed by atoms with Gasteiger partial charge in [0.2, 0.25) is 0 Å². The highest BCUT2D eigenvalue weighted by Crippen LogP contribution is 2.44. The molecule has 3 aliphatic rings. The molecular weight excluding hydrogens is 154 g/mol. The highest BCUT2D eigenvalue weighted by atomic mass is 16.4. The lowest BCUT2D eigenvalue weighted by Gasteiger charge is -2.45. The molecule has 0 aromatic carbocycles. The van der Waals surface area contributed by atoms with Gasteiger partial charge in [0.05, 0.1) is 5.92 Å². The molecule has 2 bridgehead atoms. The molecule has 0 heterocycles. The Balaban J connectivity index is 2.18. The molecule has 3 heteroatoms. The van der Waals surface area contributed by atoms with Crippen LogP contribution < -0.4 is 5.73 Å². The molecule has 0 aromatic heterocycles. The molecule has 3 fully saturated rings. The van der Waals surface area contributed by atoms with E-state index in [-0.39, 0.29) is 12.0 Å². The third-order valence-electron chi connectivity index (χ3n) is 3.57. The number of aliphatic carboxylic acids is 1. The molecule has 0 radical (unpaired) electrons. The summed E-state index contributed by atoms with van der Waals surface area (Å²) in [4.78, 5) is 10.9. The molecule has 0 saturated heterocycles. The number of nitrogens with two attached hydrogens (primary N) is 1. The predicted octanol–water partition coefficient (Wildman–Crippen LogP) is 0.834. The Morgan fingerprint density at radius 1 is 1.17 bits per heavy atom. The van der Waals surface area contributed by atoms with Gasteiger partial charge in [0, 0.05) is 6.04 Å². The van der Waals surface area contributed by atoms with Gasteiger partial charge in [-0.2, -0.15) is 0 Å². The van der Waals surface area contributed by atoms with Gasteiger partial charge in [-0.05, 0) is 37.5 Å². The first-order valence-corrected chi connectivity index (χ1v) is 4.68. The Bertz CT molecular complexity index is 195. The number of carboxylic acid groups (broad SMARTS) is 1. The normalized spacial score (nSPS) is 46.1. The van der Waals surface area contributed by atoms with Crippen molar-refractivity contribution in [2.75, 3.05) is 0 Å². The molecule has 3 aliphatic carbocycles. The van der Waals surface area contributed by atoms with Gasteiger partial charge in [0.25, 0.3) is 0 Å². The number of carboxylic acids is 1. The Morgan fingerprint density at radius 3 is 2.00 bits per heavy atom. The highest BCUT2D eigenvalue weighted by Gasteiger charge is 2.45. The van der Waals surface area contributed by atoms with Crippen molar-refractivity contribution in [1.29, 1.82) is 0 Å². The standard InChI is InChI=1S/C9H15NO2/c10-8-6-3-1-5(2-4-6)7(8)9(11)12/h5-8H,1-4,10H2,(H,11,12)/t5-,6+,7?,8-/m0/s1. The minimum absolute atomic E-state index is 0.0741. The molecule has 0 amide bonds. The maximum atomic E-state index is 10.9. The first kappa shape index (κ1) is 8.05. The van der Waals surface area contributed by atoms with Gasteiger partial charge in [-0.1, -0.05) is 0 Å². The summed E-state index contributed by atoms with van der Waals surface area (Å²) >= 11 is 0. The fourth-order valence-electron chi connectivity index (χ4n) is 2.86. The van der Waals surface area contributed by atoms with Crippen LogP contribution in [0.1, 0.15) is 25.7 Å². The average molecular weight is 169 g/mol. The largest absolute Gasteiger partial charge is 0.481 e. The molecule has 68 valence electrons. The van der Waals surface area contributed by atoms with E-state index in [1.807, 2.05) is 0 Å². The Kier molecular flexibility index (Phi) is 1.83. The second-order valence-electron chi connectivity index (χ2n) is 4.12. The predicted molar refractivity (Wildman–Crippen MR) is 44.5 cm³/mol. The Hall–Kier alpha value is -0.570. The summed E-state index contributed by atoms with van der Waals surface area (Å²) in [6.45, 7) is 0. The fraction of sp³-hybridized carbons (Fsp3) is 0.889. The summed E-state index contributed by atoms with van der Waals surface area (Å²) in [7, 11) is 0. The van der Waals surface area contributed by atoms with Crippen LogP contribution in [-0.4, -0.2) is 17.1 Å². The highest BCUT2D eigenvalue weighted by molar-refractivity contribution is 5.71. The van der Waals surface area contributed by atoms with Gasteiger partial charge in [-0.25, -0.2) is 0 Å². The van der Waals surface area contributed by atoms with E-state index in [1.165, 1.54) is 0 Å².